The molecule has 16 heavy (non-hydrogen) atoms. The smallest absolute Gasteiger partial charge is 0.187 e. The van der Waals surface area contributed by atoms with Crippen LogP contribution in [0.5, 0.6) is 0 Å². The molecule has 1 heterocycles. The van der Waals surface area contributed by atoms with E-state index in [9.17, 15) is 0 Å². The van der Waals surface area contributed by atoms with Crippen molar-refractivity contribution in [2.45, 2.75) is 19.0 Å². The van der Waals surface area contributed by atoms with Crippen molar-refractivity contribution in [3.63, 3.8) is 0 Å². The Hall–Kier alpha value is -1.21. The zero-order valence-electron chi connectivity index (χ0n) is 9.31. The van der Waals surface area contributed by atoms with E-state index in [4.69, 9.17) is 5.73 Å². The Balaban J connectivity index is 2.95. The third-order valence-electron chi connectivity index (χ3n) is 1.86. The van der Waals surface area contributed by atoms with Crippen molar-refractivity contribution in [1.82, 2.24) is 15.4 Å². The molecule has 0 aliphatic rings. The number of hydrazone groups is 1. The van der Waals surface area contributed by atoms with E-state index in [2.05, 4.69) is 32.7 Å². The van der Waals surface area contributed by atoms with E-state index < -0.39 is 0 Å². The summed E-state index contributed by atoms with van der Waals surface area (Å²) in [6.45, 7) is 3.76. The summed E-state index contributed by atoms with van der Waals surface area (Å²) >= 11 is 6.16. The largest absolute Gasteiger partial charge is 0.375 e. The van der Waals surface area contributed by atoms with Crippen molar-refractivity contribution in [3.05, 3.63) is 17.5 Å². The molecule has 1 aromatic heterocycles. The van der Waals surface area contributed by atoms with Gasteiger partial charge in [0, 0.05) is 11.8 Å². The maximum absolute atomic E-state index is 5.28. The third-order valence-corrected chi connectivity index (χ3v) is 2.52. The van der Waals surface area contributed by atoms with Gasteiger partial charge >= 0.3 is 0 Å². The molecule has 0 aromatic carbocycles. The quantitative estimate of drug-likeness (QED) is 0.276. The first-order valence-corrected chi connectivity index (χ1v) is 6.15. The highest BCUT2D eigenvalue weighted by Gasteiger charge is 2.05. The number of thiocarbonyl (C=S) groups is 1. The Morgan fingerprint density at radius 1 is 1.62 bits per heavy atom. The highest BCUT2D eigenvalue weighted by Crippen LogP contribution is 2.11. The molecule has 3 N–H and O–H groups in total. The van der Waals surface area contributed by atoms with E-state index in [1.807, 2.05) is 20.1 Å². The van der Waals surface area contributed by atoms with Crippen molar-refractivity contribution >= 4 is 34.8 Å². The van der Waals surface area contributed by atoms with Gasteiger partial charge in [0.2, 0.25) is 0 Å². The first-order valence-electron chi connectivity index (χ1n) is 4.52. The van der Waals surface area contributed by atoms with Gasteiger partial charge in [0.25, 0.3) is 0 Å². The molecule has 0 unspecified atom stereocenters. The summed E-state index contributed by atoms with van der Waals surface area (Å²) in [7, 11) is 0. The molecule has 0 amide bonds. The van der Waals surface area contributed by atoms with E-state index in [0.717, 1.165) is 22.1 Å². The van der Waals surface area contributed by atoms with Crippen LogP contribution in [-0.4, -0.2) is 27.0 Å². The highest BCUT2D eigenvalue weighted by atomic mass is 32.2. The molecular weight excluding hydrogens is 242 g/mol. The average molecular weight is 255 g/mol. The molecule has 0 atom stereocenters. The van der Waals surface area contributed by atoms with Gasteiger partial charge in [0.15, 0.2) is 10.3 Å². The fraction of sp³-hybridized carbons (Fsp3) is 0.333. The molecule has 1 aromatic rings. The van der Waals surface area contributed by atoms with Crippen molar-refractivity contribution < 1.29 is 0 Å². The fourth-order valence-electron chi connectivity index (χ4n) is 1.10. The van der Waals surface area contributed by atoms with Crippen LogP contribution in [0.4, 0.5) is 0 Å². The van der Waals surface area contributed by atoms with Crippen molar-refractivity contribution in [3.8, 4) is 0 Å². The van der Waals surface area contributed by atoms with Gasteiger partial charge in [0.05, 0.1) is 11.4 Å². The zero-order chi connectivity index (χ0) is 12.1. The Kier molecular flexibility index (Phi) is 4.63. The molecule has 1 rings (SSSR count). The lowest BCUT2D eigenvalue weighted by Crippen LogP contribution is -2.25. The summed E-state index contributed by atoms with van der Waals surface area (Å²) in [6, 6.07) is 0. The van der Waals surface area contributed by atoms with Gasteiger partial charge in [-0.05, 0) is 32.3 Å². The molecule has 0 radical (unpaired) electrons. The van der Waals surface area contributed by atoms with E-state index in [1.165, 1.54) is 11.8 Å². The number of hydrogen-bond acceptors (Lipinski definition) is 5. The molecule has 7 heteroatoms. The number of aryl methyl sites for hydroxylation is 1. The minimum absolute atomic E-state index is 0.138. The molecule has 0 aliphatic carbocycles. The van der Waals surface area contributed by atoms with Crippen molar-refractivity contribution in [2.24, 2.45) is 10.8 Å². The molecule has 5 nitrogen and oxygen atoms in total. The van der Waals surface area contributed by atoms with Crippen LogP contribution in [0, 0.1) is 6.92 Å². The minimum Gasteiger partial charge on any atom is -0.375 e. The second kappa shape index (κ2) is 5.76. The Labute approximate surface area is 104 Å². The SMILES string of the molecule is CSc1ncc(/C(C)=N\NC(N)=S)c(C)n1. The van der Waals surface area contributed by atoms with Crippen LogP contribution >= 0.6 is 24.0 Å². The Bertz CT molecular complexity index is 430. The van der Waals surface area contributed by atoms with Gasteiger partial charge in [-0.3, -0.25) is 5.43 Å². The lowest BCUT2D eigenvalue weighted by Gasteiger charge is -2.05. The van der Waals surface area contributed by atoms with Gasteiger partial charge in [-0.25, -0.2) is 9.97 Å². The van der Waals surface area contributed by atoms with Crippen LogP contribution in [0.3, 0.4) is 0 Å². The maximum Gasteiger partial charge on any atom is 0.187 e. The van der Waals surface area contributed by atoms with E-state index in [-0.39, 0.29) is 5.11 Å². The third kappa shape index (κ3) is 3.42. The van der Waals surface area contributed by atoms with Crippen LogP contribution in [-0.2, 0) is 0 Å². The summed E-state index contributed by atoms with van der Waals surface area (Å²) in [5.41, 5.74) is 10.3. The molecule has 0 aliphatic heterocycles. The normalized spacial score (nSPS) is 11.3. The maximum atomic E-state index is 5.28. The summed E-state index contributed by atoms with van der Waals surface area (Å²) in [5.74, 6) is 0. The lowest BCUT2D eigenvalue weighted by molar-refractivity contribution is 0.925. The van der Waals surface area contributed by atoms with Crippen LogP contribution in [0.15, 0.2) is 16.5 Å². The molecule has 0 bridgehead atoms. The second-order valence-corrected chi connectivity index (χ2v) is 4.24. The summed E-state index contributed by atoms with van der Waals surface area (Å²) < 4.78 is 0. The fourth-order valence-corrected chi connectivity index (χ4v) is 1.53. The topological polar surface area (TPSA) is 76.2 Å². The number of nitrogens with one attached hydrogen (secondary N) is 1. The first-order chi connectivity index (χ1) is 7.54. The number of hydrogen-bond donors (Lipinski definition) is 2. The van der Waals surface area contributed by atoms with Gasteiger partial charge in [-0.15, -0.1) is 0 Å². The summed E-state index contributed by atoms with van der Waals surface area (Å²) in [4.78, 5) is 8.50. The van der Waals surface area contributed by atoms with Crippen molar-refractivity contribution in [1.29, 1.82) is 0 Å². The van der Waals surface area contributed by atoms with Gasteiger partial charge < -0.3 is 5.73 Å². The van der Waals surface area contributed by atoms with E-state index in [0.29, 0.717) is 0 Å². The standard InChI is InChI=1S/C9H13N5S2/c1-5-7(4-11-9(12-5)16-3)6(2)13-14-8(10)15/h4H,1-3H3,(H3,10,14,15)/b13-6-. The van der Waals surface area contributed by atoms with Crippen LogP contribution in [0.25, 0.3) is 0 Å². The minimum atomic E-state index is 0.138. The Morgan fingerprint density at radius 2 is 2.31 bits per heavy atom. The van der Waals surface area contributed by atoms with E-state index in [1.54, 1.807) is 6.20 Å². The number of nitrogens with zero attached hydrogens (tertiary/aromatic N) is 3. The van der Waals surface area contributed by atoms with Crippen LogP contribution in [0.2, 0.25) is 0 Å². The van der Waals surface area contributed by atoms with E-state index >= 15 is 0 Å². The number of nitrogens with two attached hydrogens (primary N) is 1. The summed E-state index contributed by atoms with van der Waals surface area (Å²) in [5, 5.41) is 4.91. The lowest BCUT2D eigenvalue weighted by atomic mass is 10.2. The highest BCUT2D eigenvalue weighted by molar-refractivity contribution is 7.98. The molecule has 0 fully saturated rings. The molecule has 0 spiro atoms. The average Bonchev–Trinajstić information content (AvgIpc) is 2.25. The number of aromatic nitrogens is 2. The molecule has 0 saturated carbocycles. The Morgan fingerprint density at radius 3 is 2.81 bits per heavy atom. The molecular formula is C9H13N5S2. The number of thioether (sulfide) groups is 1. The van der Waals surface area contributed by atoms with Gasteiger partial charge in [-0.1, -0.05) is 11.8 Å². The monoisotopic (exact) mass is 255 g/mol. The van der Waals surface area contributed by atoms with Crippen molar-refractivity contribution in [2.75, 3.05) is 6.26 Å². The predicted octanol–water partition coefficient (Wildman–Crippen LogP) is 1.06. The number of rotatable bonds is 3. The first kappa shape index (κ1) is 12.9. The zero-order valence-corrected chi connectivity index (χ0v) is 10.9. The predicted molar refractivity (Wildman–Crippen MR) is 70.7 cm³/mol. The molecule has 0 saturated heterocycles. The van der Waals surface area contributed by atoms with Crippen LogP contribution in [0.1, 0.15) is 18.2 Å². The summed E-state index contributed by atoms with van der Waals surface area (Å²) in [6.07, 6.45) is 3.68. The molecule has 86 valence electrons. The van der Waals surface area contributed by atoms with Gasteiger partial charge in [-0.2, -0.15) is 5.10 Å². The van der Waals surface area contributed by atoms with Gasteiger partial charge in [0.1, 0.15) is 0 Å². The second-order valence-electron chi connectivity index (χ2n) is 3.03. The van der Waals surface area contributed by atoms with Crippen LogP contribution < -0.4 is 11.2 Å².